The van der Waals surface area contributed by atoms with Crippen molar-refractivity contribution in [3.05, 3.63) is 178 Å². The Balaban J connectivity index is 0.000000182. The van der Waals surface area contributed by atoms with Crippen LogP contribution in [-0.4, -0.2) is 13.2 Å². The van der Waals surface area contributed by atoms with E-state index in [-0.39, 0.29) is 11.5 Å². The maximum Gasteiger partial charge on any atom is 0.387 e. The highest BCUT2D eigenvalue weighted by Gasteiger charge is 2.04. The average Bonchev–Trinajstić information content (AvgIpc) is 3.80. The van der Waals surface area contributed by atoms with E-state index < -0.39 is 13.2 Å². The van der Waals surface area contributed by atoms with E-state index in [4.69, 9.17) is 15.3 Å². The number of alkyl halides is 4. The summed E-state index contributed by atoms with van der Waals surface area (Å²) in [6.45, 7) is -5.61. The molecule has 6 aromatic rings. The fourth-order valence-electron chi connectivity index (χ4n) is 4.23. The molecule has 0 N–H and O–H groups in total. The molecule has 2 aromatic heterocycles. The van der Waals surface area contributed by atoms with Gasteiger partial charge in [-0.15, -0.1) is 6.42 Å². The Labute approximate surface area is 290 Å². The van der Waals surface area contributed by atoms with Crippen LogP contribution < -0.4 is 9.47 Å². The molecule has 4 aromatic carbocycles. The van der Waals surface area contributed by atoms with Crippen LogP contribution in [0.4, 0.5) is 17.6 Å². The highest BCUT2D eigenvalue weighted by molar-refractivity contribution is 9.10. The summed E-state index contributed by atoms with van der Waals surface area (Å²) >= 11 is 3.44. The molecule has 0 spiro atoms. The van der Waals surface area contributed by atoms with Gasteiger partial charge in [0.25, 0.3) is 0 Å². The first-order valence-corrected chi connectivity index (χ1v) is 15.5. The number of benzene rings is 4. The minimum Gasteiger partial charge on any atom is -0.469 e. The van der Waals surface area contributed by atoms with E-state index in [0.717, 1.165) is 39.1 Å². The van der Waals surface area contributed by atoms with Crippen molar-refractivity contribution < 1.29 is 35.9 Å². The summed E-state index contributed by atoms with van der Waals surface area (Å²) in [4.78, 5) is 0. The molecule has 0 aliphatic heterocycles. The lowest BCUT2D eigenvalue weighted by Crippen LogP contribution is -2.01. The fraction of sp³-hybridized carbons (Fsp3) is 0.100. The Morgan fingerprint density at radius 2 is 1.06 bits per heavy atom. The van der Waals surface area contributed by atoms with Crippen molar-refractivity contribution in [1.29, 1.82) is 0 Å². The zero-order valence-electron chi connectivity index (χ0n) is 25.9. The molecule has 9 heteroatoms. The Kier molecular flexibility index (Phi) is 14.2. The summed E-state index contributed by atoms with van der Waals surface area (Å²) in [5, 5.41) is 0. The third-order valence-corrected chi connectivity index (χ3v) is 6.90. The molecular weight excluding hydrogens is 700 g/mol. The van der Waals surface area contributed by atoms with E-state index in [1.807, 2.05) is 60.7 Å². The SMILES string of the molecule is Brc1cccc(Cc2ccco2)c1.C#Cc1ccc(OC(F)F)cc1.FC(F)Oc1ccc(C#Cc2cccc(Cc3ccco3)c2)cc1. The van der Waals surface area contributed by atoms with Crippen molar-refractivity contribution in [2.24, 2.45) is 0 Å². The van der Waals surface area contributed by atoms with Gasteiger partial charge in [-0.25, -0.2) is 0 Å². The number of terminal acetylenes is 1. The Morgan fingerprint density at radius 1 is 0.571 bits per heavy atom. The number of hydrogen-bond acceptors (Lipinski definition) is 4. The molecule has 248 valence electrons. The first kappa shape index (κ1) is 36.2. The maximum absolute atomic E-state index is 12.1. The van der Waals surface area contributed by atoms with Crippen LogP contribution >= 0.6 is 15.9 Å². The predicted octanol–water partition coefficient (Wildman–Crippen LogP) is 10.8. The van der Waals surface area contributed by atoms with E-state index in [0.29, 0.717) is 12.0 Å². The number of rotatable bonds is 8. The quantitative estimate of drug-likeness (QED) is 0.116. The molecule has 0 fully saturated rings. The van der Waals surface area contributed by atoms with Crippen LogP contribution in [0, 0.1) is 24.2 Å². The molecule has 6 rings (SSSR count). The van der Waals surface area contributed by atoms with E-state index in [1.54, 1.807) is 24.7 Å². The molecule has 49 heavy (non-hydrogen) atoms. The minimum atomic E-state index is -2.82. The van der Waals surface area contributed by atoms with Crippen LogP contribution in [0.15, 0.2) is 147 Å². The van der Waals surface area contributed by atoms with Crippen molar-refractivity contribution in [1.82, 2.24) is 0 Å². The second-order valence-corrected chi connectivity index (χ2v) is 11.0. The van der Waals surface area contributed by atoms with Gasteiger partial charge in [0.1, 0.15) is 23.0 Å². The minimum absolute atomic E-state index is 0.115. The second-order valence-electron chi connectivity index (χ2n) is 10.0. The van der Waals surface area contributed by atoms with Crippen LogP contribution in [-0.2, 0) is 12.8 Å². The number of halogens is 5. The largest absolute Gasteiger partial charge is 0.469 e. The standard InChI is InChI=1S/C20H14F2O2.C11H9BrO.C9H6F2O/c21-20(22)24-18-10-8-15(9-11-18)6-7-16-3-1-4-17(13-16)14-19-5-2-12-23-19;12-10-4-1-3-9(7-10)8-11-5-2-6-13-11;1-2-7-3-5-8(6-4-7)12-9(10)11/h1-5,8-13,20H,14H2;1-7H,8H2;1,3-6,9H. The summed E-state index contributed by atoms with van der Waals surface area (Å²) < 4.78 is 67.6. The van der Waals surface area contributed by atoms with Crippen LogP contribution in [0.1, 0.15) is 39.3 Å². The van der Waals surface area contributed by atoms with Gasteiger partial charge < -0.3 is 18.3 Å². The van der Waals surface area contributed by atoms with Gasteiger partial charge in [0.15, 0.2) is 0 Å². The molecule has 4 nitrogen and oxygen atoms in total. The van der Waals surface area contributed by atoms with Gasteiger partial charge in [-0.05, 0) is 108 Å². The van der Waals surface area contributed by atoms with E-state index >= 15 is 0 Å². The third kappa shape index (κ3) is 13.6. The van der Waals surface area contributed by atoms with Gasteiger partial charge in [0, 0.05) is 34.0 Å². The number of hydrogen-bond donors (Lipinski definition) is 0. The van der Waals surface area contributed by atoms with Crippen LogP contribution in [0.5, 0.6) is 11.5 Å². The summed E-state index contributed by atoms with van der Waals surface area (Å²) in [6.07, 6.45) is 9.98. The van der Waals surface area contributed by atoms with Gasteiger partial charge in [-0.3, -0.25) is 0 Å². The highest BCUT2D eigenvalue weighted by Crippen LogP contribution is 2.17. The molecule has 0 radical (unpaired) electrons. The van der Waals surface area contributed by atoms with Crippen molar-refractivity contribution >= 4 is 15.9 Å². The van der Waals surface area contributed by atoms with E-state index in [1.165, 1.54) is 42.0 Å². The average molecular weight is 730 g/mol. The highest BCUT2D eigenvalue weighted by atomic mass is 79.9. The maximum atomic E-state index is 12.1. The predicted molar refractivity (Wildman–Crippen MR) is 184 cm³/mol. The summed E-state index contributed by atoms with van der Waals surface area (Å²) in [5.74, 6) is 10.6. The van der Waals surface area contributed by atoms with Gasteiger partial charge in [-0.1, -0.05) is 58.0 Å². The molecule has 0 amide bonds. The van der Waals surface area contributed by atoms with Gasteiger partial charge in [-0.2, -0.15) is 17.6 Å². The monoisotopic (exact) mass is 728 g/mol. The molecule has 0 bridgehead atoms. The summed E-state index contributed by atoms with van der Waals surface area (Å²) in [7, 11) is 0. The lowest BCUT2D eigenvalue weighted by Gasteiger charge is -2.03. The number of ether oxygens (including phenoxy) is 2. The smallest absolute Gasteiger partial charge is 0.387 e. The van der Waals surface area contributed by atoms with Crippen molar-refractivity contribution in [3.8, 4) is 35.7 Å². The lowest BCUT2D eigenvalue weighted by molar-refractivity contribution is -0.0505. The molecular formula is C40H29BrF4O4. The van der Waals surface area contributed by atoms with Gasteiger partial charge in [0.05, 0.1) is 12.5 Å². The molecule has 0 saturated carbocycles. The first-order chi connectivity index (χ1) is 23.7. The van der Waals surface area contributed by atoms with Gasteiger partial charge >= 0.3 is 13.2 Å². The number of furan rings is 2. The fourth-order valence-corrected chi connectivity index (χ4v) is 4.68. The zero-order valence-corrected chi connectivity index (χ0v) is 27.5. The topological polar surface area (TPSA) is 44.7 Å². The van der Waals surface area contributed by atoms with Gasteiger partial charge in [0.2, 0.25) is 0 Å². The summed E-state index contributed by atoms with van der Waals surface area (Å²) in [6, 6.07) is 36.0. The van der Waals surface area contributed by atoms with Crippen molar-refractivity contribution in [2.75, 3.05) is 0 Å². The second kappa shape index (κ2) is 19.2. The normalized spacial score (nSPS) is 10.1. The molecule has 2 heterocycles. The molecule has 0 unspecified atom stereocenters. The molecule has 0 atom stereocenters. The van der Waals surface area contributed by atoms with E-state index in [9.17, 15) is 17.6 Å². The molecule has 0 saturated heterocycles. The van der Waals surface area contributed by atoms with Crippen LogP contribution in [0.3, 0.4) is 0 Å². The first-order valence-electron chi connectivity index (χ1n) is 14.7. The van der Waals surface area contributed by atoms with Crippen LogP contribution in [0.2, 0.25) is 0 Å². The Bertz CT molecular complexity index is 1940. The third-order valence-electron chi connectivity index (χ3n) is 6.41. The van der Waals surface area contributed by atoms with Crippen molar-refractivity contribution in [2.45, 2.75) is 26.1 Å². The Hall–Kier alpha value is -5.64. The van der Waals surface area contributed by atoms with E-state index in [2.05, 4.69) is 55.3 Å². The van der Waals surface area contributed by atoms with Crippen LogP contribution in [0.25, 0.3) is 0 Å². The Morgan fingerprint density at radius 3 is 1.53 bits per heavy atom. The van der Waals surface area contributed by atoms with Crippen molar-refractivity contribution in [3.63, 3.8) is 0 Å². The zero-order chi connectivity index (χ0) is 34.8. The molecule has 0 aliphatic rings. The summed E-state index contributed by atoms with van der Waals surface area (Å²) in [5.41, 5.74) is 4.61. The lowest BCUT2D eigenvalue weighted by atomic mass is 10.1. The molecule has 0 aliphatic carbocycles.